The minimum Gasteiger partial charge on any atom is -0.450 e. The van der Waals surface area contributed by atoms with E-state index in [9.17, 15) is 4.79 Å². The Balaban J connectivity index is 1.79. The van der Waals surface area contributed by atoms with Gasteiger partial charge in [-0.05, 0) is 24.0 Å². The number of imidazole rings is 1. The summed E-state index contributed by atoms with van der Waals surface area (Å²) >= 11 is 0. The number of nitrogens with zero attached hydrogens (tertiary/aromatic N) is 1. The molecule has 0 aliphatic carbocycles. The molecule has 0 aliphatic rings. The normalized spacial score (nSPS) is 10.5. The summed E-state index contributed by atoms with van der Waals surface area (Å²) in [5.74, 6) is 0.855. The number of carbonyl (C=O) groups is 1. The number of unbranched alkanes of at least 4 members (excludes halogenated alkanes) is 1. The molecule has 5 nitrogen and oxygen atoms in total. The summed E-state index contributed by atoms with van der Waals surface area (Å²) in [5.41, 5.74) is 3.43. The van der Waals surface area contributed by atoms with Gasteiger partial charge in [0.15, 0.2) is 0 Å². The highest BCUT2D eigenvalue weighted by Gasteiger charge is 2.05. The molecular weight excluding hydrogens is 290 g/mol. The molecule has 0 aliphatic heterocycles. The Morgan fingerprint density at radius 1 is 1.26 bits per heavy atom. The summed E-state index contributed by atoms with van der Waals surface area (Å²) in [5, 5.41) is 2.73. The number of carbonyl (C=O) groups excluding carboxylic acids is 1. The fourth-order valence-electron chi connectivity index (χ4n) is 2.20. The van der Waals surface area contributed by atoms with Crippen molar-refractivity contribution in [3.8, 4) is 11.3 Å². The van der Waals surface area contributed by atoms with Crippen molar-refractivity contribution in [3.63, 3.8) is 0 Å². The molecule has 0 atom stereocenters. The maximum absolute atomic E-state index is 11.4. The second kappa shape index (κ2) is 8.98. The van der Waals surface area contributed by atoms with Crippen molar-refractivity contribution < 1.29 is 9.53 Å². The largest absolute Gasteiger partial charge is 0.450 e. The second-order valence-electron chi connectivity index (χ2n) is 5.46. The topological polar surface area (TPSA) is 67.0 Å². The lowest BCUT2D eigenvalue weighted by Crippen LogP contribution is -2.27. The van der Waals surface area contributed by atoms with Crippen molar-refractivity contribution >= 4 is 6.09 Å². The SMILES string of the molecule is CCCCOC(=O)NCCc1ncc(-c2ccc(CC)cc2)[nH]1. The number of benzene rings is 1. The van der Waals surface area contributed by atoms with E-state index >= 15 is 0 Å². The van der Waals surface area contributed by atoms with E-state index in [1.54, 1.807) is 0 Å². The molecule has 2 aromatic rings. The Morgan fingerprint density at radius 3 is 2.74 bits per heavy atom. The molecular formula is C18H25N3O2. The Labute approximate surface area is 137 Å². The van der Waals surface area contributed by atoms with Gasteiger partial charge < -0.3 is 15.0 Å². The smallest absolute Gasteiger partial charge is 0.407 e. The molecule has 1 aromatic carbocycles. The molecule has 0 unspecified atom stereocenters. The van der Waals surface area contributed by atoms with Crippen LogP contribution in [0.5, 0.6) is 0 Å². The third-order valence-electron chi connectivity index (χ3n) is 3.66. The Bertz CT molecular complexity index is 605. The van der Waals surface area contributed by atoms with Gasteiger partial charge in [-0.1, -0.05) is 44.5 Å². The predicted octanol–water partition coefficient (Wildman–Crippen LogP) is 3.71. The Hall–Kier alpha value is -2.30. The fraction of sp³-hybridized carbons (Fsp3) is 0.444. The summed E-state index contributed by atoms with van der Waals surface area (Å²) < 4.78 is 5.04. The third-order valence-corrected chi connectivity index (χ3v) is 3.66. The summed E-state index contributed by atoms with van der Waals surface area (Å²) in [6.07, 6.45) is 5.06. The van der Waals surface area contributed by atoms with Gasteiger partial charge in [0, 0.05) is 13.0 Å². The van der Waals surface area contributed by atoms with E-state index in [2.05, 4.69) is 53.4 Å². The number of hydrogen-bond donors (Lipinski definition) is 2. The number of nitrogens with one attached hydrogen (secondary N) is 2. The van der Waals surface area contributed by atoms with Crippen LogP contribution in [0.1, 0.15) is 38.1 Å². The van der Waals surface area contributed by atoms with Crippen molar-refractivity contribution in [3.05, 3.63) is 41.9 Å². The van der Waals surface area contributed by atoms with Crippen LogP contribution in [0.15, 0.2) is 30.5 Å². The van der Waals surface area contributed by atoms with Crippen LogP contribution in [-0.4, -0.2) is 29.2 Å². The molecule has 5 heteroatoms. The molecule has 0 spiro atoms. The van der Waals surface area contributed by atoms with Gasteiger partial charge in [-0.15, -0.1) is 0 Å². The van der Waals surface area contributed by atoms with Crippen LogP contribution in [0.3, 0.4) is 0 Å². The second-order valence-corrected chi connectivity index (χ2v) is 5.46. The average molecular weight is 315 g/mol. The van der Waals surface area contributed by atoms with Crippen molar-refractivity contribution in [2.24, 2.45) is 0 Å². The fourth-order valence-corrected chi connectivity index (χ4v) is 2.20. The Morgan fingerprint density at radius 2 is 2.04 bits per heavy atom. The van der Waals surface area contributed by atoms with Gasteiger partial charge in [0.25, 0.3) is 0 Å². The van der Waals surface area contributed by atoms with Crippen LogP contribution in [-0.2, 0) is 17.6 Å². The summed E-state index contributed by atoms with van der Waals surface area (Å²) in [4.78, 5) is 19.1. The van der Waals surface area contributed by atoms with Crippen LogP contribution in [0.4, 0.5) is 4.79 Å². The lowest BCUT2D eigenvalue weighted by molar-refractivity contribution is 0.144. The first-order chi connectivity index (χ1) is 11.2. The molecule has 0 saturated carbocycles. The number of aromatic amines is 1. The van der Waals surface area contributed by atoms with E-state index in [1.807, 2.05) is 6.20 Å². The van der Waals surface area contributed by atoms with Gasteiger partial charge in [-0.25, -0.2) is 9.78 Å². The number of aromatic nitrogens is 2. The highest BCUT2D eigenvalue weighted by molar-refractivity contribution is 5.67. The highest BCUT2D eigenvalue weighted by Crippen LogP contribution is 2.18. The number of ether oxygens (including phenoxy) is 1. The molecule has 23 heavy (non-hydrogen) atoms. The molecule has 1 amide bonds. The van der Waals surface area contributed by atoms with Crippen LogP contribution in [0.25, 0.3) is 11.3 Å². The van der Waals surface area contributed by atoms with Gasteiger partial charge in [0.2, 0.25) is 0 Å². The average Bonchev–Trinajstić information content (AvgIpc) is 3.04. The number of rotatable bonds is 8. The molecule has 2 N–H and O–H groups in total. The standard InChI is InChI=1S/C18H25N3O2/c1-3-5-12-23-18(22)19-11-10-17-20-13-16(21-17)15-8-6-14(4-2)7-9-15/h6-9,13H,3-5,10-12H2,1-2H3,(H,19,22)(H,20,21). The first-order valence-corrected chi connectivity index (χ1v) is 8.26. The Kier molecular flexibility index (Phi) is 6.66. The molecule has 0 saturated heterocycles. The lowest BCUT2D eigenvalue weighted by Gasteiger charge is -2.05. The summed E-state index contributed by atoms with van der Waals surface area (Å²) in [7, 11) is 0. The van der Waals surface area contributed by atoms with E-state index in [4.69, 9.17) is 4.74 Å². The third kappa shape index (κ3) is 5.43. The lowest BCUT2D eigenvalue weighted by atomic mass is 10.1. The number of alkyl carbamates (subject to hydrolysis) is 1. The number of H-pyrrole nitrogens is 1. The highest BCUT2D eigenvalue weighted by atomic mass is 16.5. The molecule has 1 heterocycles. The monoisotopic (exact) mass is 315 g/mol. The van der Waals surface area contributed by atoms with Gasteiger partial charge in [0.05, 0.1) is 18.5 Å². The van der Waals surface area contributed by atoms with Gasteiger partial charge in [-0.3, -0.25) is 0 Å². The van der Waals surface area contributed by atoms with Crippen molar-refractivity contribution in [1.82, 2.24) is 15.3 Å². The molecule has 0 fully saturated rings. The maximum atomic E-state index is 11.4. The molecule has 0 bridgehead atoms. The van der Waals surface area contributed by atoms with Crippen LogP contribution in [0.2, 0.25) is 0 Å². The first kappa shape index (κ1) is 17.1. The van der Waals surface area contributed by atoms with E-state index in [0.717, 1.165) is 36.3 Å². The van der Waals surface area contributed by atoms with Gasteiger partial charge in [0.1, 0.15) is 5.82 Å². The van der Waals surface area contributed by atoms with E-state index < -0.39 is 0 Å². The molecule has 0 radical (unpaired) electrons. The number of aryl methyl sites for hydroxylation is 1. The minimum absolute atomic E-state index is 0.361. The van der Waals surface area contributed by atoms with Crippen molar-refractivity contribution in [2.45, 2.75) is 39.5 Å². The van der Waals surface area contributed by atoms with Gasteiger partial charge >= 0.3 is 6.09 Å². The van der Waals surface area contributed by atoms with E-state index in [-0.39, 0.29) is 6.09 Å². The minimum atomic E-state index is -0.361. The molecule has 124 valence electrons. The molecule has 2 rings (SSSR count). The van der Waals surface area contributed by atoms with Crippen LogP contribution >= 0.6 is 0 Å². The summed E-state index contributed by atoms with van der Waals surface area (Å²) in [6, 6.07) is 8.45. The van der Waals surface area contributed by atoms with Crippen LogP contribution < -0.4 is 5.32 Å². The first-order valence-electron chi connectivity index (χ1n) is 8.26. The zero-order valence-corrected chi connectivity index (χ0v) is 13.9. The van der Waals surface area contributed by atoms with E-state index in [0.29, 0.717) is 19.6 Å². The zero-order valence-electron chi connectivity index (χ0n) is 13.9. The zero-order chi connectivity index (χ0) is 16.5. The van der Waals surface area contributed by atoms with Crippen LogP contribution in [0, 0.1) is 0 Å². The number of hydrogen-bond acceptors (Lipinski definition) is 3. The van der Waals surface area contributed by atoms with Gasteiger partial charge in [-0.2, -0.15) is 0 Å². The quantitative estimate of drug-likeness (QED) is 0.730. The van der Waals surface area contributed by atoms with E-state index in [1.165, 1.54) is 5.56 Å². The maximum Gasteiger partial charge on any atom is 0.407 e. The summed E-state index contributed by atoms with van der Waals surface area (Å²) in [6.45, 7) is 5.18. The number of amides is 1. The predicted molar refractivity (Wildman–Crippen MR) is 91.4 cm³/mol. The molecule has 1 aromatic heterocycles. The van der Waals surface area contributed by atoms with Crippen molar-refractivity contribution in [1.29, 1.82) is 0 Å². The van der Waals surface area contributed by atoms with Crippen molar-refractivity contribution in [2.75, 3.05) is 13.2 Å².